The zero-order valence-corrected chi connectivity index (χ0v) is 15.5. The molecule has 6 heteroatoms. The van der Waals surface area contributed by atoms with Crippen molar-refractivity contribution in [3.63, 3.8) is 0 Å². The smallest absolute Gasteiger partial charge is 0.223 e. The highest BCUT2D eigenvalue weighted by atomic mass is 16.5. The highest BCUT2D eigenvalue weighted by Crippen LogP contribution is 2.32. The molecule has 4 rings (SSSR count). The highest BCUT2D eigenvalue weighted by Gasteiger charge is 2.36. The Bertz CT molecular complexity index is 776. The van der Waals surface area contributed by atoms with Gasteiger partial charge in [-0.1, -0.05) is 29.5 Å². The number of nitrogens with zero attached hydrogens (tertiary/aromatic N) is 4. The molecule has 2 heterocycles. The van der Waals surface area contributed by atoms with E-state index < -0.39 is 0 Å². The summed E-state index contributed by atoms with van der Waals surface area (Å²) < 4.78 is 7.35. The Balaban J connectivity index is 1.49. The molecular formula is C20H26N4O2. The molecule has 1 unspecified atom stereocenters. The maximum atomic E-state index is 13.1. The maximum absolute atomic E-state index is 13.1. The maximum Gasteiger partial charge on any atom is 0.223 e. The summed E-state index contributed by atoms with van der Waals surface area (Å²) in [5.74, 6) is 0.609. The van der Waals surface area contributed by atoms with Gasteiger partial charge in [0.05, 0.1) is 12.3 Å². The zero-order valence-electron chi connectivity index (χ0n) is 15.5. The summed E-state index contributed by atoms with van der Waals surface area (Å²) in [5, 5.41) is 8.61. The van der Waals surface area contributed by atoms with Crippen molar-refractivity contribution >= 4 is 5.91 Å². The van der Waals surface area contributed by atoms with E-state index in [2.05, 4.69) is 41.5 Å². The first-order chi connectivity index (χ1) is 12.7. The van der Waals surface area contributed by atoms with Gasteiger partial charge in [-0.3, -0.25) is 4.79 Å². The molecule has 6 nitrogen and oxygen atoms in total. The van der Waals surface area contributed by atoms with Crippen molar-refractivity contribution in [3.8, 4) is 0 Å². The summed E-state index contributed by atoms with van der Waals surface area (Å²) in [6.45, 7) is 4.05. The second-order valence-corrected chi connectivity index (χ2v) is 7.29. The molecule has 1 aliphatic carbocycles. The Kier molecular flexibility index (Phi) is 4.76. The molecule has 0 saturated carbocycles. The van der Waals surface area contributed by atoms with Crippen LogP contribution in [-0.2, 0) is 35.3 Å². The number of benzene rings is 1. The van der Waals surface area contributed by atoms with E-state index in [1.807, 2.05) is 9.58 Å². The Morgan fingerprint density at radius 2 is 2.00 bits per heavy atom. The molecule has 0 bridgehead atoms. The van der Waals surface area contributed by atoms with Gasteiger partial charge in [0.15, 0.2) is 0 Å². The number of fused-ring (bicyclic) bond motifs is 2. The number of aryl methyl sites for hydroxylation is 1. The van der Waals surface area contributed by atoms with E-state index in [1.54, 1.807) is 7.11 Å². The van der Waals surface area contributed by atoms with Crippen LogP contribution in [0.1, 0.15) is 41.9 Å². The molecule has 1 aromatic carbocycles. The molecule has 26 heavy (non-hydrogen) atoms. The lowest BCUT2D eigenvalue weighted by Gasteiger charge is -2.35. The summed E-state index contributed by atoms with van der Waals surface area (Å²) in [4.78, 5) is 15.1. The van der Waals surface area contributed by atoms with Crippen LogP contribution in [0.25, 0.3) is 0 Å². The van der Waals surface area contributed by atoms with Gasteiger partial charge in [-0.2, -0.15) is 0 Å². The second-order valence-electron chi connectivity index (χ2n) is 7.29. The summed E-state index contributed by atoms with van der Waals surface area (Å²) in [6.07, 6.45) is 3.41. The van der Waals surface area contributed by atoms with Crippen molar-refractivity contribution in [1.82, 2.24) is 19.9 Å². The number of hydrogen-bond acceptors (Lipinski definition) is 4. The van der Waals surface area contributed by atoms with Crippen LogP contribution in [-0.4, -0.2) is 46.1 Å². The summed E-state index contributed by atoms with van der Waals surface area (Å²) >= 11 is 0. The van der Waals surface area contributed by atoms with E-state index in [9.17, 15) is 4.79 Å². The van der Waals surface area contributed by atoms with Crippen molar-refractivity contribution in [3.05, 3.63) is 46.8 Å². The molecule has 2 aliphatic rings. The SMILES string of the molecule is CCn1nnc2c1CCN(C(=O)CC1Cc3ccccc3C1)C2COC. The fourth-order valence-corrected chi connectivity index (χ4v) is 4.43. The number of carbonyl (C=O) groups is 1. The average Bonchev–Trinajstić information content (AvgIpc) is 3.25. The minimum absolute atomic E-state index is 0.125. The third kappa shape index (κ3) is 3.03. The first kappa shape index (κ1) is 17.2. The fourth-order valence-electron chi connectivity index (χ4n) is 4.43. The van der Waals surface area contributed by atoms with E-state index in [0.717, 1.165) is 37.2 Å². The molecule has 1 atom stereocenters. The quantitative estimate of drug-likeness (QED) is 0.826. The van der Waals surface area contributed by atoms with Crippen molar-refractivity contribution in [1.29, 1.82) is 0 Å². The van der Waals surface area contributed by atoms with Gasteiger partial charge in [0, 0.05) is 33.0 Å². The molecule has 0 fully saturated rings. The molecule has 0 N–H and O–H groups in total. The standard InChI is InChI=1S/C20H26N4O2/c1-3-24-17-8-9-23(18(13-26-2)20(17)21-22-24)19(25)12-14-10-15-6-4-5-7-16(15)11-14/h4-7,14,18H,3,8-13H2,1-2H3. The number of aromatic nitrogens is 3. The number of carbonyl (C=O) groups excluding carboxylic acids is 1. The van der Waals surface area contributed by atoms with Gasteiger partial charge < -0.3 is 9.64 Å². The van der Waals surface area contributed by atoms with Crippen LogP contribution in [0.2, 0.25) is 0 Å². The van der Waals surface area contributed by atoms with E-state index in [0.29, 0.717) is 25.5 Å². The minimum atomic E-state index is -0.125. The van der Waals surface area contributed by atoms with Gasteiger partial charge in [0.1, 0.15) is 11.7 Å². The minimum Gasteiger partial charge on any atom is -0.382 e. The molecule has 0 saturated heterocycles. The second kappa shape index (κ2) is 7.19. The first-order valence-electron chi connectivity index (χ1n) is 9.48. The van der Waals surface area contributed by atoms with Crippen molar-refractivity contribution < 1.29 is 9.53 Å². The summed E-state index contributed by atoms with van der Waals surface area (Å²) in [6, 6.07) is 8.41. The third-order valence-corrected chi connectivity index (χ3v) is 5.69. The molecule has 1 aliphatic heterocycles. The highest BCUT2D eigenvalue weighted by molar-refractivity contribution is 5.77. The van der Waals surface area contributed by atoms with E-state index in [-0.39, 0.29) is 11.9 Å². The lowest BCUT2D eigenvalue weighted by molar-refractivity contribution is -0.136. The van der Waals surface area contributed by atoms with Gasteiger partial charge in [-0.25, -0.2) is 4.68 Å². The normalized spacial score (nSPS) is 19.5. The first-order valence-corrected chi connectivity index (χ1v) is 9.48. The predicted molar refractivity (Wildman–Crippen MR) is 97.7 cm³/mol. The predicted octanol–water partition coefficient (Wildman–Crippen LogP) is 2.18. The van der Waals surface area contributed by atoms with Crippen LogP contribution in [0.3, 0.4) is 0 Å². The Labute approximate surface area is 154 Å². The molecular weight excluding hydrogens is 328 g/mol. The lowest BCUT2D eigenvalue weighted by atomic mass is 9.98. The molecule has 2 aromatic rings. The largest absolute Gasteiger partial charge is 0.382 e. The Morgan fingerprint density at radius 3 is 2.65 bits per heavy atom. The lowest BCUT2D eigenvalue weighted by Crippen LogP contribution is -2.43. The van der Waals surface area contributed by atoms with E-state index in [1.165, 1.54) is 11.1 Å². The van der Waals surface area contributed by atoms with Crippen LogP contribution in [0.15, 0.2) is 24.3 Å². The average molecular weight is 354 g/mol. The van der Waals surface area contributed by atoms with Crippen LogP contribution in [0, 0.1) is 5.92 Å². The van der Waals surface area contributed by atoms with Gasteiger partial charge in [0.2, 0.25) is 5.91 Å². The molecule has 1 aromatic heterocycles. The number of methoxy groups -OCH3 is 1. The van der Waals surface area contributed by atoms with Gasteiger partial charge >= 0.3 is 0 Å². The van der Waals surface area contributed by atoms with Crippen LogP contribution in [0.5, 0.6) is 0 Å². The van der Waals surface area contributed by atoms with Crippen molar-refractivity contribution in [2.45, 2.75) is 45.2 Å². The fraction of sp³-hybridized carbons (Fsp3) is 0.550. The molecule has 0 radical (unpaired) electrons. The Hall–Kier alpha value is -2.21. The van der Waals surface area contributed by atoms with Crippen molar-refractivity contribution in [2.75, 3.05) is 20.3 Å². The molecule has 0 spiro atoms. The van der Waals surface area contributed by atoms with Crippen molar-refractivity contribution in [2.24, 2.45) is 5.92 Å². The molecule has 1 amide bonds. The molecule has 138 valence electrons. The topological polar surface area (TPSA) is 60.2 Å². The van der Waals surface area contributed by atoms with E-state index in [4.69, 9.17) is 4.74 Å². The van der Waals surface area contributed by atoms with Crippen LogP contribution < -0.4 is 0 Å². The van der Waals surface area contributed by atoms with Crippen LogP contribution >= 0.6 is 0 Å². The van der Waals surface area contributed by atoms with Gasteiger partial charge in [-0.05, 0) is 36.8 Å². The number of amides is 1. The third-order valence-electron chi connectivity index (χ3n) is 5.69. The van der Waals surface area contributed by atoms with Crippen LogP contribution in [0.4, 0.5) is 0 Å². The summed E-state index contributed by atoms with van der Waals surface area (Å²) in [7, 11) is 1.68. The number of hydrogen-bond donors (Lipinski definition) is 0. The van der Waals surface area contributed by atoms with Gasteiger partial charge in [0.25, 0.3) is 0 Å². The summed E-state index contributed by atoms with van der Waals surface area (Å²) in [5.41, 5.74) is 4.84. The number of ether oxygens (including phenoxy) is 1. The number of rotatable bonds is 5. The van der Waals surface area contributed by atoms with Gasteiger partial charge in [-0.15, -0.1) is 5.10 Å². The monoisotopic (exact) mass is 354 g/mol. The Morgan fingerprint density at radius 1 is 1.27 bits per heavy atom. The van der Waals surface area contributed by atoms with E-state index >= 15 is 0 Å². The zero-order chi connectivity index (χ0) is 18.1.